The van der Waals surface area contributed by atoms with E-state index < -0.39 is 36.8 Å². The van der Waals surface area contributed by atoms with Crippen molar-refractivity contribution in [2.45, 2.75) is 24.4 Å². The summed E-state index contributed by atoms with van der Waals surface area (Å²) in [4.78, 5) is 0. The average Bonchev–Trinajstić information content (AvgIpc) is 2.58. The van der Waals surface area contributed by atoms with Crippen LogP contribution >= 0.6 is 0 Å². The number of ether oxygens (including phenoxy) is 2. The van der Waals surface area contributed by atoms with Crippen molar-refractivity contribution in [3.05, 3.63) is 29.5 Å². The van der Waals surface area contributed by atoms with Crippen LogP contribution in [0.25, 0.3) is 6.08 Å². The minimum Gasteiger partial charge on any atom is -0.509 e. The summed E-state index contributed by atoms with van der Waals surface area (Å²) in [6, 6.07) is 4.73. The highest BCUT2D eigenvalue weighted by Crippen LogP contribution is 2.27. The Hall–Kier alpha value is -1.84. The van der Waals surface area contributed by atoms with E-state index in [1.807, 2.05) is 0 Å². The Morgan fingerprint density at radius 1 is 1.09 bits per heavy atom. The minimum atomic E-state index is -1.89. The number of benzene rings is 1. The zero-order valence-corrected chi connectivity index (χ0v) is 12.8. The van der Waals surface area contributed by atoms with Gasteiger partial charge >= 0.3 is 0 Å². The molecule has 0 saturated heterocycles. The van der Waals surface area contributed by atoms with E-state index in [0.717, 1.165) is 6.08 Å². The third kappa shape index (κ3) is 4.81. The molecular weight excluding hydrogens is 308 g/mol. The molecule has 0 aromatic heterocycles. The summed E-state index contributed by atoms with van der Waals surface area (Å²) in [6.45, 7) is -0.804. The van der Waals surface area contributed by atoms with Gasteiger partial charge in [-0.3, -0.25) is 0 Å². The van der Waals surface area contributed by atoms with E-state index in [1.54, 1.807) is 18.2 Å². The summed E-state index contributed by atoms with van der Waals surface area (Å²) in [5, 5.41) is 57.0. The Balaban J connectivity index is 2.99. The minimum absolute atomic E-state index is 0.355. The maximum atomic E-state index is 9.90. The van der Waals surface area contributed by atoms with Crippen LogP contribution in [-0.2, 0) is 0 Å². The zero-order valence-electron chi connectivity index (χ0n) is 12.8. The van der Waals surface area contributed by atoms with Crippen LogP contribution in [0.2, 0.25) is 0 Å². The lowest BCUT2D eigenvalue weighted by atomic mass is 10.0. The van der Waals surface area contributed by atoms with Gasteiger partial charge in [-0.2, -0.15) is 0 Å². The van der Waals surface area contributed by atoms with Gasteiger partial charge < -0.3 is 40.1 Å². The predicted molar refractivity (Wildman–Crippen MR) is 81.3 cm³/mol. The zero-order chi connectivity index (χ0) is 17.6. The molecule has 8 nitrogen and oxygen atoms in total. The molecule has 0 heterocycles. The molecule has 0 amide bonds. The lowest BCUT2D eigenvalue weighted by Gasteiger charge is -2.25. The number of aliphatic hydroxyl groups is 6. The fourth-order valence-corrected chi connectivity index (χ4v) is 1.88. The monoisotopic (exact) mass is 330 g/mol. The Kier molecular flexibility index (Phi) is 7.27. The van der Waals surface area contributed by atoms with E-state index in [0.29, 0.717) is 17.1 Å². The Bertz CT molecular complexity index is 530. The van der Waals surface area contributed by atoms with Crippen molar-refractivity contribution in [2.75, 3.05) is 20.8 Å². The molecular formula is C15H22O8. The molecule has 1 aromatic carbocycles. The molecule has 1 aromatic rings. The molecule has 0 aliphatic rings. The van der Waals surface area contributed by atoms with Gasteiger partial charge in [-0.25, -0.2) is 0 Å². The first-order chi connectivity index (χ1) is 10.8. The van der Waals surface area contributed by atoms with Gasteiger partial charge in [0.25, 0.3) is 0 Å². The molecule has 1 rings (SSSR count). The Morgan fingerprint density at radius 3 is 2.26 bits per heavy atom. The third-order valence-corrected chi connectivity index (χ3v) is 3.30. The molecule has 0 fully saturated rings. The van der Waals surface area contributed by atoms with Gasteiger partial charge in [0.2, 0.25) is 0 Å². The van der Waals surface area contributed by atoms with E-state index in [2.05, 4.69) is 0 Å². The molecule has 0 bridgehead atoms. The van der Waals surface area contributed by atoms with Crippen LogP contribution in [-0.4, -0.2) is 75.9 Å². The smallest absolute Gasteiger partial charge is 0.139 e. The summed E-state index contributed by atoms with van der Waals surface area (Å²) in [5.74, 6) is 0.235. The van der Waals surface area contributed by atoms with Gasteiger partial charge in [0, 0.05) is 11.6 Å². The van der Waals surface area contributed by atoms with Crippen molar-refractivity contribution in [2.24, 2.45) is 0 Å². The fourth-order valence-electron chi connectivity index (χ4n) is 1.88. The van der Waals surface area contributed by atoms with Gasteiger partial charge in [0.05, 0.1) is 20.8 Å². The molecule has 23 heavy (non-hydrogen) atoms. The lowest BCUT2D eigenvalue weighted by Crippen LogP contribution is -2.46. The summed E-state index contributed by atoms with van der Waals surface area (Å²) in [5.41, 5.74) is 0.397. The molecule has 0 aliphatic carbocycles. The van der Waals surface area contributed by atoms with E-state index in [-0.39, 0.29) is 0 Å². The first-order valence-electron chi connectivity index (χ1n) is 6.81. The van der Waals surface area contributed by atoms with Gasteiger partial charge in [-0.1, -0.05) is 0 Å². The van der Waals surface area contributed by atoms with Crippen LogP contribution in [0.4, 0.5) is 0 Å². The van der Waals surface area contributed by atoms with Gasteiger partial charge in [-0.15, -0.1) is 0 Å². The highest BCUT2D eigenvalue weighted by molar-refractivity contribution is 5.61. The first kappa shape index (κ1) is 19.2. The summed E-state index contributed by atoms with van der Waals surface area (Å²) in [7, 11) is 2.89. The summed E-state index contributed by atoms with van der Waals surface area (Å²) >= 11 is 0. The van der Waals surface area contributed by atoms with E-state index in [4.69, 9.17) is 14.6 Å². The summed E-state index contributed by atoms with van der Waals surface area (Å²) < 4.78 is 10.2. The maximum absolute atomic E-state index is 9.90. The summed E-state index contributed by atoms with van der Waals surface area (Å²) in [6.07, 6.45) is -6.09. The van der Waals surface area contributed by atoms with Crippen molar-refractivity contribution >= 4 is 6.08 Å². The largest absolute Gasteiger partial charge is 0.509 e. The maximum Gasteiger partial charge on any atom is 0.139 e. The van der Waals surface area contributed by atoms with Crippen molar-refractivity contribution in [1.82, 2.24) is 0 Å². The highest BCUT2D eigenvalue weighted by atomic mass is 16.5. The van der Waals surface area contributed by atoms with Crippen molar-refractivity contribution in [1.29, 1.82) is 0 Å². The number of methoxy groups -OCH3 is 2. The van der Waals surface area contributed by atoms with Crippen LogP contribution in [0.5, 0.6) is 11.5 Å². The van der Waals surface area contributed by atoms with Crippen LogP contribution in [0.3, 0.4) is 0 Å². The number of hydrogen-bond donors (Lipinski definition) is 6. The lowest BCUT2D eigenvalue weighted by molar-refractivity contribution is -0.112. The van der Waals surface area contributed by atoms with Crippen LogP contribution in [0.1, 0.15) is 5.56 Å². The predicted octanol–water partition coefficient (Wildman–Crippen LogP) is -0.961. The molecule has 0 unspecified atom stereocenters. The van der Waals surface area contributed by atoms with Crippen molar-refractivity contribution < 1.29 is 40.1 Å². The Labute approximate surface area is 133 Å². The number of rotatable bonds is 8. The van der Waals surface area contributed by atoms with Crippen LogP contribution in [0, 0.1) is 0 Å². The molecule has 0 radical (unpaired) electrons. The molecule has 0 spiro atoms. The standard InChI is InChI=1S/C15H22O8/c1-22-9-4-3-8(12(6-9)23-2)5-10(17)13(19)15(21)14(20)11(18)7-16/h3-6,11,13-21H,7H2,1-2H3/b10-5-/t11-,13-,14+,15-/m0/s1. The van der Waals surface area contributed by atoms with E-state index in [1.165, 1.54) is 14.2 Å². The highest BCUT2D eigenvalue weighted by Gasteiger charge is 2.32. The quantitative estimate of drug-likeness (QED) is 0.335. The average molecular weight is 330 g/mol. The second-order valence-corrected chi connectivity index (χ2v) is 4.85. The molecule has 0 saturated carbocycles. The number of hydrogen-bond acceptors (Lipinski definition) is 8. The molecule has 130 valence electrons. The Morgan fingerprint density at radius 2 is 1.74 bits per heavy atom. The van der Waals surface area contributed by atoms with E-state index >= 15 is 0 Å². The topological polar surface area (TPSA) is 140 Å². The van der Waals surface area contributed by atoms with Gasteiger partial charge in [0.15, 0.2) is 0 Å². The molecule has 8 heteroatoms. The molecule has 6 N–H and O–H groups in total. The number of aliphatic hydroxyl groups excluding tert-OH is 6. The SMILES string of the molecule is COc1ccc(/C=C(\O)[C@H](O)[C@H](O)[C@H](O)[C@@H](O)CO)c(OC)c1. The third-order valence-electron chi connectivity index (χ3n) is 3.30. The first-order valence-corrected chi connectivity index (χ1v) is 6.81. The van der Waals surface area contributed by atoms with Crippen molar-refractivity contribution in [3.63, 3.8) is 0 Å². The van der Waals surface area contributed by atoms with Crippen molar-refractivity contribution in [3.8, 4) is 11.5 Å². The second-order valence-electron chi connectivity index (χ2n) is 4.85. The molecule has 0 aliphatic heterocycles. The second kappa shape index (κ2) is 8.70. The normalized spacial score (nSPS) is 17.3. The van der Waals surface area contributed by atoms with Crippen LogP contribution < -0.4 is 9.47 Å². The van der Waals surface area contributed by atoms with Gasteiger partial charge in [0.1, 0.15) is 41.7 Å². The fraction of sp³-hybridized carbons (Fsp3) is 0.467. The molecule has 4 atom stereocenters. The van der Waals surface area contributed by atoms with Gasteiger partial charge in [-0.05, 0) is 18.2 Å². The van der Waals surface area contributed by atoms with Crippen LogP contribution in [0.15, 0.2) is 24.0 Å². The van der Waals surface area contributed by atoms with E-state index in [9.17, 15) is 25.5 Å².